The molecule has 1 atom stereocenters. The number of carbonyl (C=O) groups excluding carboxylic acids is 2. The first-order valence-electron chi connectivity index (χ1n) is 8.20. The summed E-state index contributed by atoms with van der Waals surface area (Å²) in [4.78, 5) is 24.1. The molecule has 0 bridgehead atoms. The Kier molecular flexibility index (Phi) is 6.15. The Morgan fingerprint density at radius 1 is 1.16 bits per heavy atom. The first-order valence-corrected chi connectivity index (χ1v) is 9.69. The van der Waals surface area contributed by atoms with Gasteiger partial charge in [-0.25, -0.2) is 13.1 Å². The highest BCUT2D eigenvalue weighted by atomic mass is 32.2. The summed E-state index contributed by atoms with van der Waals surface area (Å²) >= 11 is 0. The second-order valence-corrected chi connectivity index (χ2v) is 7.85. The van der Waals surface area contributed by atoms with E-state index >= 15 is 0 Å². The Morgan fingerprint density at radius 2 is 1.76 bits per heavy atom. The molecule has 0 unspecified atom stereocenters. The number of nitriles is 1. The lowest BCUT2D eigenvalue weighted by atomic mass is 9.88. The Hall–Kier alpha value is -2.40. The Labute approximate surface area is 147 Å². The van der Waals surface area contributed by atoms with Crippen molar-refractivity contribution in [3.63, 3.8) is 0 Å². The third-order valence-electron chi connectivity index (χ3n) is 4.26. The number of rotatable bonds is 5. The largest absolute Gasteiger partial charge is 0.344 e. The van der Waals surface area contributed by atoms with E-state index in [9.17, 15) is 18.0 Å². The maximum atomic E-state index is 12.2. The highest BCUT2D eigenvalue weighted by molar-refractivity contribution is 7.90. The predicted molar refractivity (Wildman–Crippen MR) is 90.7 cm³/mol. The van der Waals surface area contributed by atoms with Crippen LogP contribution in [0.5, 0.6) is 0 Å². The summed E-state index contributed by atoms with van der Waals surface area (Å²) < 4.78 is 26.4. The van der Waals surface area contributed by atoms with Crippen LogP contribution in [-0.4, -0.2) is 26.3 Å². The molecular weight excluding hydrogens is 342 g/mol. The summed E-state index contributed by atoms with van der Waals surface area (Å²) in [6, 6.07) is 6.14. The summed E-state index contributed by atoms with van der Waals surface area (Å²) in [6.45, 7) is 1.45. The topological polar surface area (TPSA) is 116 Å². The highest BCUT2D eigenvalue weighted by Gasteiger charge is 2.26. The van der Waals surface area contributed by atoms with Gasteiger partial charge in [0, 0.05) is 5.92 Å². The van der Waals surface area contributed by atoms with E-state index < -0.39 is 22.0 Å². The first kappa shape index (κ1) is 18.9. The van der Waals surface area contributed by atoms with E-state index in [1.165, 1.54) is 31.2 Å². The van der Waals surface area contributed by atoms with Crippen molar-refractivity contribution < 1.29 is 18.0 Å². The van der Waals surface area contributed by atoms with E-state index in [1.54, 1.807) is 0 Å². The van der Waals surface area contributed by atoms with Gasteiger partial charge in [0.05, 0.1) is 16.5 Å². The van der Waals surface area contributed by atoms with Crippen molar-refractivity contribution in [2.24, 2.45) is 5.92 Å². The summed E-state index contributed by atoms with van der Waals surface area (Å²) in [5, 5.41) is 11.3. The van der Waals surface area contributed by atoms with Gasteiger partial charge in [0.1, 0.15) is 6.04 Å². The first-order chi connectivity index (χ1) is 11.8. The van der Waals surface area contributed by atoms with Gasteiger partial charge in [-0.1, -0.05) is 19.3 Å². The number of nitrogens with zero attached hydrogens (tertiary/aromatic N) is 1. The fraction of sp³-hybridized carbons (Fsp3) is 0.471. The third-order valence-corrected chi connectivity index (χ3v) is 5.62. The third kappa shape index (κ3) is 5.03. The second kappa shape index (κ2) is 8.12. The van der Waals surface area contributed by atoms with Crippen LogP contribution < -0.4 is 10.0 Å². The zero-order chi connectivity index (χ0) is 18.4. The molecule has 0 spiro atoms. The van der Waals surface area contributed by atoms with Crippen LogP contribution in [-0.2, 0) is 19.6 Å². The van der Waals surface area contributed by atoms with Gasteiger partial charge in [-0.2, -0.15) is 5.26 Å². The van der Waals surface area contributed by atoms with Gasteiger partial charge in [-0.15, -0.1) is 0 Å². The average molecular weight is 363 g/mol. The molecule has 8 heteroatoms. The number of benzene rings is 1. The minimum absolute atomic E-state index is 0.112. The Balaban J connectivity index is 1.96. The summed E-state index contributed by atoms with van der Waals surface area (Å²) in [5.41, 5.74) is 0.318. The molecule has 2 amide bonds. The van der Waals surface area contributed by atoms with Gasteiger partial charge in [0.2, 0.25) is 5.91 Å². The Bertz CT molecular complexity index is 775. The van der Waals surface area contributed by atoms with Crippen molar-refractivity contribution in [2.45, 2.75) is 50.0 Å². The monoisotopic (exact) mass is 363 g/mol. The van der Waals surface area contributed by atoms with Crippen molar-refractivity contribution in [3.8, 4) is 6.07 Å². The fourth-order valence-electron chi connectivity index (χ4n) is 2.75. The standard InChI is InChI=1S/C17H21N3O4S/c1-12(19-17(22)14-5-3-2-4-6-14)16(21)20-25(23,24)15-9-7-13(11-18)8-10-15/h7-10,12,14H,2-6H2,1H3,(H,19,22)(H,20,21)/t12-/m0/s1. The molecule has 0 aromatic heterocycles. The molecule has 0 aliphatic heterocycles. The van der Waals surface area contributed by atoms with Gasteiger partial charge < -0.3 is 5.32 Å². The molecule has 1 aromatic rings. The molecule has 1 aliphatic carbocycles. The summed E-state index contributed by atoms with van der Waals surface area (Å²) in [5.74, 6) is -1.12. The minimum Gasteiger partial charge on any atom is -0.344 e. The van der Waals surface area contributed by atoms with Crippen LogP contribution in [0.2, 0.25) is 0 Å². The Morgan fingerprint density at radius 3 is 2.32 bits per heavy atom. The van der Waals surface area contributed by atoms with Crippen LogP contribution in [0.4, 0.5) is 0 Å². The maximum absolute atomic E-state index is 12.2. The summed E-state index contributed by atoms with van der Waals surface area (Å²) in [7, 11) is -4.05. The molecule has 2 rings (SSSR count). The van der Waals surface area contributed by atoms with Gasteiger partial charge in [0.25, 0.3) is 15.9 Å². The van der Waals surface area contributed by atoms with E-state index in [0.29, 0.717) is 5.56 Å². The number of sulfonamides is 1. The van der Waals surface area contributed by atoms with E-state index in [2.05, 4.69) is 5.32 Å². The molecule has 2 N–H and O–H groups in total. The average Bonchev–Trinajstić information content (AvgIpc) is 2.62. The van der Waals surface area contributed by atoms with Crippen molar-refractivity contribution in [1.29, 1.82) is 5.26 Å². The quantitative estimate of drug-likeness (QED) is 0.821. The molecule has 1 saturated carbocycles. The van der Waals surface area contributed by atoms with Crippen LogP contribution in [0.3, 0.4) is 0 Å². The molecule has 0 saturated heterocycles. The normalized spacial score (nSPS) is 16.5. The molecule has 1 aliphatic rings. The van der Waals surface area contributed by atoms with E-state index in [4.69, 9.17) is 5.26 Å². The smallest absolute Gasteiger partial charge is 0.264 e. The maximum Gasteiger partial charge on any atom is 0.264 e. The minimum atomic E-state index is -4.05. The zero-order valence-corrected chi connectivity index (χ0v) is 14.8. The molecule has 134 valence electrons. The predicted octanol–water partition coefficient (Wildman–Crippen LogP) is 1.45. The molecule has 7 nitrogen and oxygen atoms in total. The van der Waals surface area contributed by atoms with Crippen molar-refractivity contribution >= 4 is 21.8 Å². The number of carbonyl (C=O) groups is 2. The second-order valence-electron chi connectivity index (χ2n) is 6.17. The molecule has 1 fully saturated rings. The lowest BCUT2D eigenvalue weighted by molar-refractivity contribution is -0.130. The summed E-state index contributed by atoms with van der Waals surface area (Å²) in [6.07, 6.45) is 4.69. The van der Waals surface area contributed by atoms with Gasteiger partial charge in [0.15, 0.2) is 0 Å². The molecule has 1 aromatic carbocycles. The van der Waals surface area contributed by atoms with E-state index in [1.807, 2.05) is 10.8 Å². The van der Waals surface area contributed by atoms with E-state index in [0.717, 1.165) is 32.1 Å². The highest BCUT2D eigenvalue weighted by Crippen LogP contribution is 2.23. The number of hydrogen-bond acceptors (Lipinski definition) is 5. The van der Waals surface area contributed by atoms with Crippen LogP contribution in [0.1, 0.15) is 44.6 Å². The van der Waals surface area contributed by atoms with Crippen LogP contribution in [0.25, 0.3) is 0 Å². The number of amides is 2. The van der Waals surface area contributed by atoms with Crippen molar-refractivity contribution in [2.75, 3.05) is 0 Å². The van der Waals surface area contributed by atoms with Crippen molar-refractivity contribution in [1.82, 2.24) is 10.0 Å². The van der Waals surface area contributed by atoms with Gasteiger partial charge in [-0.05, 0) is 44.0 Å². The molecule has 0 radical (unpaired) electrons. The number of nitrogens with one attached hydrogen (secondary N) is 2. The van der Waals surface area contributed by atoms with Gasteiger partial charge in [-0.3, -0.25) is 9.59 Å². The SMILES string of the molecule is C[C@H](NC(=O)C1CCCCC1)C(=O)NS(=O)(=O)c1ccc(C#N)cc1. The van der Waals surface area contributed by atoms with Crippen LogP contribution >= 0.6 is 0 Å². The lowest BCUT2D eigenvalue weighted by Gasteiger charge is -2.22. The molecule has 25 heavy (non-hydrogen) atoms. The van der Waals surface area contributed by atoms with Crippen molar-refractivity contribution in [3.05, 3.63) is 29.8 Å². The fourth-order valence-corrected chi connectivity index (χ4v) is 3.80. The van der Waals surface area contributed by atoms with E-state index in [-0.39, 0.29) is 16.7 Å². The van der Waals surface area contributed by atoms with Crippen LogP contribution in [0.15, 0.2) is 29.2 Å². The lowest BCUT2D eigenvalue weighted by Crippen LogP contribution is -2.48. The molecular formula is C17H21N3O4S. The van der Waals surface area contributed by atoms with Crippen LogP contribution in [0, 0.1) is 17.2 Å². The van der Waals surface area contributed by atoms with Gasteiger partial charge >= 0.3 is 0 Å². The number of hydrogen-bond donors (Lipinski definition) is 2. The molecule has 0 heterocycles. The zero-order valence-electron chi connectivity index (χ0n) is 14.0.